The molecule has 41 heavy (non-hydrogen) atoms. The molecule has 0 radical (unpaired) electrons. The van der Waals surface area contributed by atoms with Crippen molar-refractivity contribution < 1.29 is 35.5 Å². The maximum absolute atomic E-state index is 13.7. The number of nitrogens with two attached hydrogens (primary N) is 1. The molecule has 1 aliphatic heterocycles. The van der Waals surface area contributed by atoms with Crippen LogP contribution >= 0.6 is 0 Å². The second kappa shape index (κ2) is 10.6. The number of carbonyl (C=O) groups is 1. The van der Waals surface area contributed by atoms with Gasteiger partial charge in [0.05, 0.1) is 24.1 Å². The number of hydrogen-bond acceptors (Lipinski definition) is 8. The molecule has 0 spiro atoms. The van der Waals surface area contributed by atoms with Gasteiger partial charge in [-0.2, -0.15) is 22.6 Å². The zero-order valence-electron chi connectivity index (χ0n) is 21.4. The van der Waals surface area contributed by atoms with E-state index >= 15 is 0 Å². The molecule has 1 amide bonds. The van der Waals surface area contributed by atoms with E-state index in [2.05, 4.69) is 20.4 Å². The lowest BCUT2D eigenvalue weighted by molar-refractivity contribution is -0.136. The van der Waals surface area contributed by atoms with Crippen LogP contribution in [-0.4, -0.2) is 64.5 Å². The summed E-state index contributed by atoms with van der Waals surface area (Å²) in [7, 11) is -2.47. The summed E-state index contributed by atoms with van der Waals surface area (Å²) in [6.07, 6.45) is -2.20. The first-order valence-electron chi connectivity index (χ1n) is 12.1. The minimum Gasteiger partial charge on any atom is -0.480 e. The Morgan fingerprint density at radius 3 is 2.61 bits per heavy atom. The maximum Gasteiger partial charge on any atom is 0.418 e. The number of pyridine rings is 1. The third kappa shape index (κ3) is 5.65. The molecule has 1 aliphatic rings. The number of sulfonamides is 1. The zero-order valence-corrected chi connectivity index (χ0v) is 22.2. The number of anilines is 1. The van der Waals surface area contributed by atoms with Gasteiger partial charge in [-0.15, -0.1) is 0 Å². The fraction of sp³-hybridized carbons (Fsp3) is 0.280. The van der Waals surface area contributed by atoms with Gasteiger partial charge in [0.1, 0.15) is 23.2 Å². The number of methoxy groups -OCH3 is 1. The van der Waals surface area contributed by atoms with E-state index in [-0.39, 0.29) is 47.4 Å². The minimum atomic E-state index is -4.76. The molecule has 4 aromatic rings. The topological polar surface area (TPSA) is 145 Å². The number of fused-ring (bicyclic) bond motifs is 1. The molecule has 1 fully saturated rings. The summed E-state index contributed by atoms with van der Waals surface area (Å²) in [5.74, 6) is -1.93. The van der Waals surface area contributed by atoms with Crippen molar-refractivity contribution in [3.05, 3.63) is 71.4 Å². The predicted octanol–water partition coefficient (Wildman–Crippen LogP) is 2.87. The van der Waals surface area contributed by atoms with Crippen LogP contribution < -0.4 is 15.8 Å². The molecule has 3 N–H and O–H groups in total. The second-order valence-corrected chi connectivity index (χ2v) is 11.3. The number of rotatable bonds is 7. The highest BCUT2D eigenvalue weighted by Gasteiger charge is 2.37. The summed E-state index contributed by atoms with van der Waals surface area (Å²) < 4.78 is 87.6. The molecule has 1 aromatic carbocycles. The third-order valence-electron chi connectivity index (χ3n) is 6.61. The fourth-order valence-corrected chi connectivity index (χ4v) is 6.24. The number of ether oxygens (including phenoxy) is 1. The molecule has 1 atom stereocenters. The Morgan fingerprint density at radius 1 is 1.20 bits per heavy atom. The lowest BCUT2D eigenvalue weighted by Gasteiger charge is -2.18. The first-order valence-corrected chi connectivity index (χ1v) is 13.7. The quantitative estimate of drug-likeness (QED) is 0.311. The molecule has 0 bridgehead atoms. The smallest absolute Gasteiger partial charge is 0.418 e. The van der Waals surface area contributed by atoms with Gasteiger partial charge in [-0.25, -0.2) is 27.3 Å². The van der Waals surface area contributed by atoms with E-state index in [9.17, 15) is 30.8 Å². The van der Waals surface area contributed by atoms with Crippen molar-refractivity contribution in [3.63, 3.8) is 0 Å². The van der Waals surface area contributed by atoms with E-state index in [0.717, 1.165) is 16.9 Å². The van der Waals surface area contributed by atoms with Gasteiger partial charge in [0.2, 0.25) is 15.9 Å². The standard InChI is InChI=1S/C25H23F4N7O4S/c1-40-24-18(8-15(10-31-24)20-9-19(25(27,28)29)21-22(30)32-13-33-36(20)21)23(37)34-17-6-7-35(11-17)41(38,39)12-14-2-4-16(26)5-3-14/h2-5,8-10,13,17H,6-7,11-12H2,1H3,(H,34,37)(H2,30,32,33)/t17-/m1/s1. The monoisotopic (exact) mass is 593 g/mol. The zero-order chi connectivity index (χ0) is 29.5. The molecular weight excluding hydrogens is 570 g/mol. The largest absolute Gasteiger partial charge is 0.480 e. The Balaban J connectivity index is 1.38. The number of carbonyl (C=O) groups excluding carboxylic acids is 1. The SMILES string of the molecule is COc1ncc(-c2cc(C(F)(F)F)c3c(N)ncnn23)cc1C(=O)N[C@@H]1CCN(S(=O)(=O)Cc2ccc(F)cc2)C1. The molecular formula is C25H23F4N7O4S. The molecule has 0 aliphatic carbocycles. The highest BCUT2D eigenvalue weighted by atomic mass is 32.2. The summed E-state index contributed by atoms with van der Waals surface area (Å²) in [5.41, 5.74) is 4.65. The number of benzene rings is 1. The van der Waals surface area contributed by atoms with Gasteiger partial charge in [-0.05, 0) is 36.2 Å². The molecule has 3 aromatic heterocycles. The molecule has 16 heteroatoms. The van der Waals surface area contributed by atoms with Gasteiger partial charge in [0.25, 0.3) is 5.91 Å². The van der Waals surface area contributed by atoms with E-state index in [1.54, 1.807) is 0 Å². The Labute approximate surface area is 231 Å². The molecule has 5 rings (SSSR count). The summed E-state index contributed by atoms with van der Waals surface area (Å²) in [4.78, 5) is 21.0. The summed E-state index contributed by atoms with van der Waals surface area (Å²) in [5, 5.41) is 6.65. The van der Waals surface area contributed by atoms with Crippen molar-refractivity contribution in [2.45, 2.75) is 24.4 Å². The number of nitrogens with zero attached hydrogens (tertiary/aromatic N) is 5. The highest BCUT2D eigenvalue weighted by Crippen LogP contribution is 2.39. The predicted molar refractivity (Wildman–Crippen MR) is 139 cm³/mol. The van der Waals surface area contributed by atoms with Crippen LogP contribution in [0.1, 0.15) is 27.9 Å². The van der Waals surface area contributed by atoms with E-state index in [1.165, 1.54) is 47.9 Å². The van der Waals surface area contributed by atoms with Crippen molar-refractivity contribution >= 4 is 27.3 Å². The van der Waals surface area contributed by atoms with E-state index in [1.807, 2.05) is 0 Å². The minimum absolute atomic E-state index is 0.000811. The van der Waals surface area contributed by atoms with Crippen molar-refractivity contribution in [1.82, 2.24) is 29.2 Å². The number of hydrogen-bond donors (Lipinski definition) is 2. The lowest BCUT2D eigenvalue weighted by atomic mass is 10.1. The molecule has 1 saturated heterocycles. The average molecular weight is 594 g/mol. The lowest BCUT2D eigenvalue weighted by Crippen LogP contribution is -2.39. The van der Waals surface area contributed by atoms with Crippen LogP contribution in [0, 0.1) is 5.82 Å². The van der Waals surface area contributed by atoms with Crippen LogP contribution in [0.15, 0.2) is 48.9 Å². The highest BCUT2D eigenvalue weighted by molar-refractivity contribution is 7.88. The summed E-state index contributed by atoms with van der Waals surface area (Å²) in [6, 6.07) is 6.72. The number of aromatic nitrogens is 4. The third-order valence-corrected chi connectivity index (χ3v) is 8.43. The molecule has 4 heterocycles. The van der Waals surface area contributed by atoms with Gasteiger partial charge >= 0.3 is 6.18 Å². The van der Waals surface area contributed by atoms with Crippen LogP contribution in [0.3, 0.4) is 0 Å². The van der Waals surface area contributed by atoms with Gasteiger partial charge in [0.15, 0.2) is 5.82 Å². The van der Waals surface area contributed by atoms with Crippen LogP contribution in [0.2, 0.25) is 0 Å². The Hall–Kier alpha value is -4.31. The summed E-state index contributed by atoms with van der Waals surface area (Å²) in [6.45, 7) is 0.153. The van der Waals surface area contributed by atoms with Crippen LogP contribution in [0.4, 0.5) is 23.4 Å². The first kappa shape index (κ1) is 28.2. The average Bonchev–Trinajstić information content (AvgIpc) is 3.56. The van der Waals surface area contributed by atoms with Gasteiger partial charge in [0, 0.05) is 30.9 Å². The number of nitrogen functional groups attached to an aromatic ring is 1. The Morgan fingerprint density at radius 2 is 1.93 bits per heavy atom. The number of halogens is 4. The van der Waals surface area contributed by atoms with E-state index < -0.39 is 45.0 Å². The molecule has 216 valence electrons. The maximum atomic E-state index is 13.7. The van der Waals surface area contributed by atoms with Gasteiger partial charge in [-0.3, -0.25) is 4.79 Å². The molecule has 0 saturated carbocycles. The number of alkyl halides is 3. The number of nitrogens with one attached hydrogen (secondary N) is 1. The van der Waals surface area contributed by atoms with E-state index in [0.29, 0.717) is 12.0 Å². The van der Waals surface area contributed by atoms with Gasteiger partial charge in [-0.1, -0.05) is 12.1 Å². The molecule has 11 nitrogen and oxygen atoms in total. The van der Waals surface area contributed by atoms with Crippen molar-refractivity contribution in [3.8, 4) is 17.1 Å². The van der Waals surface area contributed by atoms with Crippen molar-refractivity contribution in [2.75, 3.05) is 25.9 Å². The fourth-order valence-electron chi connectivity index (χ4n) is 4.65. The number of amides is 1. The Kier molecular flexibility index (Phi) is 7.29. The summed E-state index contributed by atoms with van der Waals surface area (Å²) >= 11 is 0. The van der Waals surface area contributed by atoms with Crippen LogP contribution in [0.5, 0.6) is 5.88 Å². The normalized spacial score (nSPS) is 16.3. The second-order valence-electron chi connectivity index (χ2n) is 9.33. The molecule has 0 unspecified atom stereocenters. The van der Waals surface area contributed by atoms with Crippen LogP contribution in [0.25, 0.3) is 16.8 Å². The van der Waals surface area contributed by atoms with Crippen molar-refractivity contribution in [2.24, 2.45) is 0 Å². The van der Waals surface area contributed by atoms with Crippen molar-refractivity contribution in [1.29, 1.82) is 0 Å². The first-order chi connectivity index (χ1) is 19.4. The Bertz CT molecular complexity index is 1730. The van der Waals surface area contributed by atoms with Crippen LogP contribution in [-0.2, 0) is 22.0 Å². The van der Waals surface area contributed by atoms with E-state index in [4.69, 9.17) is 10.5 Å². The van der Waals surface area contributed by atoms with Gasteiger partial charge < -0.3 is 15.8 Å².